The van der Waals surface area contributed by atoms with Gasteiger partial charge in [-0.2, -0.15) is 0 Å². The average molecular weight is 221 g/mol. The summed E-state index contributed by atoms with van der Waals surface area (Å²) >= 11 is 0. The second-order valence-corrected chi connectivity index (χ2v) is 4.27. The first kappa shape index (κ1) is 13.0. The Morgan fingerprint density at radius 1 is 1.25 bits per heavy atom. The van der Waals surface area contributed by atoms with E-state index in [0.29, 0.717) is 5.92 Å². The summed E-state index contributed by atoms with van der Waals surface area (Å²) in [6, 6.07) is 4.28. The average Bonchev–Trinajstić information content (AvgIpc) is 2.30. The van der Waals surface area contributed by atoms with Crippen LogP contribution in [-0.4, -0.2) is 20.7 Å². The predicted octanol–water partition coefficient (Wildman–Crippen LogP) is 3.03. The van der Waals surface area contributed by atoms with Crippen LogP contribution in [0.3, 0.4) is 0 Å². The van der Waals surface area contributed by atoms with Crippen LogP contribution in [0.5, 0.6) is 5.75 Å². The van der Waals surface area contributed by atoms with Gasteiger partial charge in [0, 0.05) is 6.54 Å². The fraction of sp³-hybridized carbons (Fsp3) is 0.571. The molecule has 0 aliphatic rings. The summed E-state index contributed by atoms with van der Waals surface area (Å²) in [4.78, 5) is 0. The van der Waals surface area contributed by atoms with E-state index in [1.54, 1.807) is 7.11 Å². The maximum absolute atomic E-state index is 5.34. The maximum Gasteiger partial charge on any atom is 0.122 e. The molecule has 0 saturated heterocycles. The molecule has 0 amide bonds. The fourth-order valence-electron chi connectivity index (χ4n) is 2.20. The van der Waals surface area contributed by atoms with Crippen LogP contribution in [0, 0.1) is 13.8 Å². The Morgan fingerprint density at radius 2 is 1.94 bits per heavy atom. The van der Waals surface area contributed by atoms with E-state index in [4.69, 9.17) is 4.74 Å². The van der Waals surface area contributed by atoms with E-state index in [1.165, 1.54) is 16.7 Å². The minimum Gasteiger partial charge on any atom is -0.496 e. The molecule has 0 fully saturated rings. The lowest BCUT2D eigenvalue weighted by Gasteiger charge is -2.20. The molecule has 0 aromatic heterocycles. The van der Waals surface area contributed by atoms with Crippen LogP contribution in [0.15, 0.2) is 12.1 Å². The molecule has 0 heterocycles. The predicted molar refractivity (Wildman–Crippen MR) is 69.4 cm³/mol. The minimum atomic E-state index is 0.592. The number of benzene rings is 1. The molecule has 1 aromatic rings. The highest BCUT2D eigenvalue weighted by atomic mass is 16.5. The van der Waals surface area contributed by atoms with Crippen LogP contribution in [0.2, 0.25) is 0 Å². The normalized spacial score (nSPS) is 12.6. The summed E-state index contributed by atoms with van der Waals surface area (Å²) in [5, 5.41) is 3.26. The highest BCUT2D eigenvalue weighted by Crippen LogP contribution is 2.29. The molecular formula is C14H23NO. The molecule has 90 valence electrons. The highest BCUT2D eigenvalue weighted by Gasteiger charge is 2.14. The molecule has 1 N–H and O–H groups in total. The van der Waals surface area contributed by atoms with Gasteiger partial charge in [-0.15, -0.1) is 0 Å². The Kier molecular flexibility index (Phi) is 4.81. The number of nitrogens with one attached hydrogen (secondary N) is 1. The van der Waals surface area contributed by atoms with Crippen molar-refractivity contribution in [1.82, 2.24) is 5.32 Å². The van der Waals surface area contributed by atoms with Gasteiger partial charge in [0.25, 0.3) is 0 Å². The molecule has 0 aliphatic carbocycles. The molecular weight excluding hydrogens is 198 g/mol. The quantitative estimate of drug-likeness (QED) is 0.825. The number of hydrogen-bond donors (Lipinski definition) is 1. The van der Waals surface area contributed by atoms with Gasteiger partial charge in [0.2, 0.25) is 0 Å². The Hall–Kier alpha value is -1.02. The number of rotatable bonds is 5. The van der Waals surface area contributed by atoms with E-state index in [1.807, 2.05) is 7.05 Å². The zero-order valence-corrected chi connectivity index (χ0v) is 11.1. The van der Waals surface area contributed by atoms with Crippen molar-refractivity contribution < 1.29 is 4.74 Å². The highest BCUT2D eigenvalue weighted by molar-refractivity contribution is 5.45. The zero-order chi connectivity index (χ0) is 12.1. The molecule has 16 heavy (non-hydrogen) atoms. The monoisotopic (exact) mass is 221 g/mol. The Labute approximate surface area is 99.0 Å². The van der Waals surface area contributed by atoms with Crippen molar-refractivity contribution in [3.05, 3.63) is 28.8 Å². The van der Waals surface area contributed by atoms with Crippen LogP contribution < -0.4 is 10.1 Å². The van der Waals surface area contributed by atoms with Crippen molar-refractivity contribution in [2.45, 2.75) is 33.1 Å². The summed E-state index contributed by atoms with van der Waals surface area (Å²) in [7, 11) is 3.74. The largest absolute Gasteiger partial charge is 0.496 e. The van der Waals surface area contributed by atoms with E-state index in [2.05, 4.69) is 38.2 Å². The van der Waals surface area contributed by atoms with Gasteiger partial charge >= 0.3 is 0 Å². The van der Waals surface area contributed by atoms with Crippen molar-refractivity contribution in [2.75, 3.05) is 20.7 Å². The first-order valence-electron chi connectivity index (χ1n) is 5.94. The first-order chi connectivity index (χ1) is 7.65. The Bertz CT molecular complexity index is 347. The molecule has 0 spiro atoms. The van der Waals surface area contributed by atoms with Gasteiger partial charge in [-0.1, -0.05) is 13.0 Å². The van der Waals surface area contributed by atoms with Crippen molar-refractivity contribution >= 4 is 0 Å². The molecule has 1 aromatic carbocycles. The van der Waals surface area contributed by atoms with Gasteiger partial charge in [0.05, 0.1) is 7.11 Å². The second-order valence-electron chi connectivity index (χ2n) is 4.27. The molecule has 1 atom stereocenters. The van der Waals surface area contributed by atoms with E-state index >= 15 is 0 Å². The minimum absolute atomic E-state index is 0.592. The first-order valence-corrected chi connectivity index (χ1v) is 5.94. The third-order valence-electron chi connectivity index (χ3n) is 3.38. The summed E-state index contributed by atoms with van der Waals surface area (Å²) in [5.41, 5.74) is 4.06. The van der Waals surface area contributed by atoms with E-state index in [0.717, 1.165) is 18.7 Å². The van der Waals surface area contributed by atoms with Gasteiger partial charge in [0.1, 0.15) is 5.75 Å². The molecule has 0 saturated carbocycles. The van der Waals surface area contributed by atoms with Crippen LogP contribution in [0.4, 0.5) is 0 Å². The SMILES string of the molecule is CCC(CNC)c1ccc(OC)c(C)c1C. The Morgan fingerprint density at radius 3 is 2.44 bits per heavy atom. The van der Waals surface area contributed by atoms with Crippen molar-refractivity contribution in [2.24, 2.45) is 0 Å². The standard InChI is InChI=1S/C14H23NO/c1-6-12(9-15-4)13-7-8-14(16-5)11(3)10(13)2/h7-8,12,15H,6,9H2,1-5H3. The molecule has 1 rings (SSSR count). The fourth-order valence-corrected chi connectivity index (χ4v) is 2.20. The molecule has 1 unspecified atom stereocenters. The number of ether oxygens (including phenoxy) is 1. The second kappa shape index (κ2) is 5.90. The van der Waals surface area contributed by atoms with Gasteiger partial charge in [-0.25, -0.2) is 0 Å². The smallest absolute Gasteiger partial charge is 0.122 e. The van der Waals surface area contributed by atoms with Crippen LogP contribution in [0.1, 0.15) is 36.0 Å². The molecule has 0 radical (unpaired) electrons. The van der Waals surface area contributed by atoms with Crippen molar-refractivity contribution in [3.8, 4) is 5.75 Å². The third-order valence-corrected chi connectivity index (χ3v) is 3.38. The zero-order valence-electron chi connectivity index (χ0n) is 11.1. The lowest BCUT2D eigenvalue weighted by Crippen LogP contribution is -2.17. The van der Waals surface area contributed by atoms with E-state index in [-0.39, 0.29) is 0 Å². The summed E-state index contributed by atoms with van der Waals surface area (Å²) in [5.74, 6) is 1.58. The van der Waals surface area contributed by atoms with Crippen LogP contribution in [-0.2, 0) is 0 Å². The van der Waals surface area contributed by atoms with Gasteiger partial charge in [-0.3, -0.25) is 0 Å². The van der Waals surface area contributed by atoms with E-state index < -0.39 is 0 Å². The van der Waals surface area contributed by atoms with Crippen molar-refractivity contribution in [1.29, 1.82) is 0 Å². The molecule has 2 nitrogen and oxygen atoms in total. The van der Waals surface area contributed by atoms with Gasteiger partial charge in [-0.05, 0) is 56.0 Å². The molecule has 2 heteroatoms. The summed E-state index contributed by atoms with van der Waals surface area (Å²) in [6.45, 7) is 7.58. The lowest BCUT2D eigenvalue weighted by molar-refractivity contribution is 0.410. The van der Waals surface area contributed by atoms with Crippen molar-refractivity contribution in [3.63, 3.8) is 0 Å². The van der Waals surface area contributed by atoms with Crippen LogP contribution >= 0.6 is 0 Å². The molecule has 0 bridgehead atoms. The topological polar surface area (TPSA) is 21.3 Å². The summed E-state index contributed by atoms with van der Waals surface area (Å²) < 4.78 is 5.34. The summed E-state index contributed by atoms with van der Waals surface area (Å²) in [6.07, 6.45) is 1.16. The van der Waals surface area contributed by atoms with Gasteiger partial charge < -0.3 is 10.1 Å². The number of hydrogen-bond acceptors (Lipinski definition) is 2. The number of methoxy groups -OCH3 is 1. The van der Waals surface area contributed by atoms with E-state index in [9.17, 15) is 0 Å². The van der Waals surface area contributed by atoms with Crippen LogP contribution in [0.25, 0.3) is 0 Å². The maximum atomic E-state index is 5.34. The number of likely N-dealkylation sites (N-methyl/N-ethyl adjacent to an activating group) is 1. The molecule has 0 aliphatic heterocycles. The van der Waals surface area contributed by atoms with Gasteiger partial charge in [0.15, 0.2) is 0 Å². The third kappa shape index (κ3) is 2.56. The Balaban J connectivity index is 3.09. The lowest BCUT2D eigenvalue weighted by atomic mass is 9.90.